The summed E-state index contributed by atoms with van der Waals surface area (Å²) in [6.45, 7) is 0. The number of ether oxygens (including phenoxy) is 1. The highest BCUT2D eigenvalue weighted by atomic mass is 19.4. The second kappa shape index (κ2) is 8.93. The van der Waals surface area contributed by atoms with Gasteiger partial charge in [-0.3, -0.25) is 4.79 Å². The summed E-state index contributed by atoms with van der Waals surface area (Å²) >= 11 is 0. The van der Waals surface area contributed by atoms with Crippen molar-refractivity contribution < 1.29 is 22.7 Å². The topological polar surface area (TPSA) is 41.6 Å². The Balaban J connectivity index is 2.32. The summed E-state index contributed by atoms with van der Waals surface area (Å²) in [5, 5.41) is 2.83. The normalized spacial score (nSPS) is 12.1. The Morgan fingerprint density at radius 3 is 2.30 bits per heavy atom. The number of allylic oxidation sites excluding steroid dienone is 2. The summed E-state index contributed by atoms with van der Waals surface area (Å²) < 4.78 is 43.7. The number of carbonyl (C=O) groups is 1. The molecule has 0 aromatic heterocycles. The minimum atomic E-state index is -4.95. The van der Waals surface area contributed by atoms with Gasteiger partial charge in [0.2, 0.25) is 0 Å². The number of hydrogen-bond donors (Lipinski definition) is 1. The molecule has 7 heteroatoms. The van der Waals surface area contributed by atoms with Crippen LogP contribution < -0.4 is 10.1 Å². The molecule has 0 aliphatic carbocycles. The Labute approximate surface area is 155 Å². The van der Waals surface area contributed by atoms with Gasteiger partial charge in [0.15, 0.2) is 5.75 Å². The van der Waals surface area contributed by atoms with Gasteiger partial charge in [0, 0.05) is 32.1 Å². The van der Waals surface area contributed by atoms with Gasteiger partial charge in [-0.1, -0.05) is 30.3 Å². The van der Waals surface area contributed by atoms with E-state index in [1.54, 1.807) is 67.5 Å². The lowest BCUT2D eigenvalue weighted by Crippen LogP contribution is -2.21. The Hall–Kier alpha value is -3.22. The van der Waals surface area contributed by atoms with Gasteiger partial charge in [0.25, 0.3) is 5.78 Å². The van der Waals surface area contributed by atoms with Crippen molar-refractivity contribution in [3.63, 3.8) is 0 Å². The Morgan fingerprint density at radius 2 is 1.67 bits per heavy atom. The van der Waals surface area contributed by atoms with Crippen LogP contribution in [-0.2, 0) is 4.79 Å². The average molecular weight is 376 g/mol. The van der Waals surface area contributed by atoms with Gasteiger partial charge < -0.3 is 15.0 Å². The summed E-state index contributed by atoms with van der Waals surface area (Å²) in [4.78, 5) is 13.0. The van der Waals surface area contributed by atoms with Gasteiger partial charge in [-0.05, 0) is 30.3 Å². The van der Waals surface area contributed by atoms with Crippen molar-refractivity contribution in [2.24, 2.45) is 0 Å². The lowest BCUT2D eigenvalue weighted by atomic mass is 10.2. The average Bonchev–Trinajstić information content (AvgIpc) is 2.61. The number of carbonyl (C=O) groups excluding carboxylic acids is 1. The van der Waals surface area contributed by atoms with E-state index in [-0.39, 0.29) is 5.70 Å². The molecule has 0 aliphatic rings. The molecule has 0 fully saturated rings. The van der Waals surface area contributed by atoms with E-state index in [0.29, 0.717) is 23.3 Å². The minimum absolute atomic E-state index is 0.0184. The van der Waals surface area contributed by atoms with Gasteiger partial charge in [0.05, 0.1) is 5.69 Å². The standard InChI is InChI=1S/C20H19F3N2O2/c1-25(2)13-12-15(14-19(26)20(21,22)23)24-17-10-6-7-11-18(17)27-16-8-4-3-5-9-16/h3-14,24H,1-2H3/b13-12-,15-14+. The fraction of sp³-hybridized carbons (Fsp3) is 0.150. The number of hydrogen-bond acceptors (Lipinski definition) is 4. The van der Waals surface area contributed by atoms with Crippen LogP contribution in [0.4, 0.5) is 18.9 Å². The van der Waals surface area contributed by atoms with E-state index in [2.05, 4.69) is 5.32 Å². The molecular weight excluding hydrogens is 357 g/mol. The SMILES string of the molecule is CN(C)/C=C\C(=C/C(=O)C(F)(F)F)Nc1ccccc1Oc1ccccc1. The zero-order chi connectivity index (χ0) is 19.9. The molecule has 0 atom stereocenters. The van der Waals surface area contributed by atoms with E-state index in [1.165, 1.54) is 12.3 Å². The van der Waals surface area contributed by atoms with Crippen LogP contribution in [0.25, 0.3) is 0 Å². The third-order valence-electron chi connectivity index (χ3n) is 3.26. The van der Waals surface area contributed by atoms with E-state index < -0.39 is 12.0 Å². The molecule has 0 bridgehead atoms. The molecule has 0 heterocycles. The summed E-state index contributed by atoms with van der Waals surface area (Å²) in [6, 6.07) is 15.7. The second-order valence-electron chi connectivity index (χ2n) is 5.78. The molecule has 0 aliphatic heterocycles. The summed E-state index contributed by atoms with van der Waals surface area (Å²) in [6.07, 6.45) is -1.52. The van der Waals surface area contributed by atoms with Crippen molar-refractivity contribution >= 4 is 11.5 Å². The van der Waals surface area contributed by atoms with E-state index in [1.807, 2.05) is 6.07 Å². The van der Waals surface area contributed by atoms with Crippen LogP contribution in [0.5, 0.6) is 11.5 Å². The molecule has 0 radical (unpaired) electrons. The fourth-order valence-corrected chi connectivity index (χ4v) is 2.01. The van der Waals surface area contributed by atoms with E-state index in [9.17, 15) is 18.0 Å². The van der Waals surface area contributed by atoms with Crippen molar-refractivity contribution in [2.75, 3.05) is 19.4 Å². The summed E-state index contributed by atoms with van der Waals surface area (Å²) in [5.74, 6) is -0.963. The number of anilines is 1. The summed E-state index contributed by atoms with van der Waals surface area (Å²) in [7, 11) is 3.43. The predicted octanol–water partition coefficient (Wildman–Crippen LogP) is 4.98. The zero-order valence-corrected chi connectivity index (χ0v) is 14.8. The molecule has 4 nitrogen and oxygen atoms in total. The molecule has 2 aromatic rings. The number of rotatable bonds is 7. The van der Waals surface area contributed by atoms with Crippen molar-refractivity contribution in [1.29, 1.82) is 0 Å². The molecule has 1 N–H and O–H groups in total. The highest BCUT2D eigenvalue weighted by Crippen LogP contribution is 2.30. The molecular formula is C20H19F3N2O2. The minimum Gasteiger partial charge on any atom is -0.455 e. The van der Waals surface area contributed by atoms with Crippen molar-refractivity contribution in [1.82, 2.24) is 4.90 Å². The first-order chi connectivity index (χ1) is 12.8. The highest BCUT2D eigenvalue weighted by molar-refractivity contribution is 5.95. The number of benzene rings is 2. The molecule has 0 saturated heterocycles. The Morgan fingerprint density at radius 1 is 1.04 bits per heavy atom. The number of nitrogens with one attached hydrogen (secondary N) is 1. The first-order valence-electron chi connectivity index (χ1n) is 8.02. The van der Waals surface area contributed by atoms with Gasteiger partial charge in [-0.15, -0.1) is 0 Å². The van der Waals surface area contributed by atoms with Crippen LogP contribution in [0, 0.1) is 0 Å². The van der Waals surface area contributed by atoms with Crippen molar-refractivity contribution in [2.45, 2.75) is 6.18 Å². The number of para-hydroxylation sites is 3. The van der Waals surface area contributed by atoms with E-state index >= 15 is 0 Å². The Bertz CT molecular complexity index is 829. The number of alkyl halides is 3. The first-order valence-corrected chi connectivity index (χ1v) is 8.02. The number of ketones is 1. The predicted molar refractivity (Wildman–Crippen MR) is 98.6 cm³/mol. The Kier molecular flexibility index (Phi) is 6.65. The number of nitrogens with zero attached hydrogens (tertiary/aromatic N) is 1. The van der Waals surface area contributed by atoms with Gasteiger partial charge in [-0.25, -0.2) is 0 Å². The van der Waals surface area contributed by atoms with Gasteiger partial charge in [0.1, 0.15) is 5.75 Å². The monoisotopic (exact) mass is 376 g/mol. The molecule has 0 amide bonds. The molecule has 2 rings (SSSR count). The maximum absolute atomic E-state index is 12.6. The molecule has 0 unspecified atom stereocenters. The zero-order valence-electron chi connectivity index (χ0n) is 14.8. The summed E-state index contributed by atoms with van der Waals surface area (Å²) in [5.41, 5.74) is 0.404. The largest absolute Gasteiger partial charge is 0.455 e. The van der Waals surface area contributed by atoms with Crippen LogP contribution in [0.2, 0.25) is 0 Å². The highest BCUT2D eigenvalue weighted by Gasteiger charge is 2.36. The lowest BCUT2D eigenvalue weighted by molar-refractivity contribution is -0.165. The first kappa shape index (κ1) is 20.1. The lowest BCUT2D eigenvalue weighted by Gasteiger charge is -2.14. The second-order valence-corrected chi connectivity index (χ2v) is 5.78. The smallest absolute Gasteiger partial charge is 0.454 e. The molecule has 2 aromatic carbocycles. The maximum atomic E-state index is 12.6. The fourth-order valence-electron chi connectivity index (χ4n) is 2.01. The molecule has 0 spiro atoms. The van der Waals surface area contributed by atoms with Crippen LogP contribution in [0.3, 0.4) is 0 Å². The molecule has 0 saturated carbocycles. The number of halogens is 3. The third kappa shape index (κ3) is 6.54. The quantitative estimate of drug-likeness (QED) is 0.547. The van der Waals surface area contributed by atoms with Crippen molar-refractivity contribution in [3.8, 4) is 11.5 Å². The maximum Gasteiger partial charge on any atom is 0.454 e. The molecule has 27 heavy (non-hydrogen) atoms. The van der Waals surface area contributed by atoms with Crippen LogP contribution in [0.15, 0.2) is 78.6 Å². The van der Waals surface area contributed by atoms with Crippen LogP contribution >= 0.6 is 0 Å². The van der Waals surface area contributed by atoms with E-state index in [0.717, 1.165) is 0 Å². The van der Waals surface area contributed by atoms with Gasteiger partial charge >= 0.3 is 6.18 Å². The van der Waals surface area contributed by atoms with E-state index in [4.69, 9.17) is 4.74 Å². The van der Waals surface area contributed by atoms with Crippen LogP contribution in [-0.4, -0.2) is 31.0 Å². The molecule has 142 valence electrons. The van der Waals surface area contributed by atoms with Crippen LogP contribution in [0.1, 0.15) is 0 Å². The van der Waals surface area contributed by atoms with Gasteiger partial charge in [-0.2, -0.15) is 13.2 Å². The van der Waals surface area contributed by atoms with Crippen molar-refractivity contribution in [3.05, 3.63) is 78.6 Å². The third-order valence-corrected chi connectivity index (χ3v) is 3.26.